The fourth-order valence-corrected chi connectivity index (χ4v) is 2.59. The van der Waals surface area contributed by atoms with E-state index in [1.54, 1.807) is 34.3 Å². The Balaban J connectivity index is 1.66. The fraction of sp³-hybridized carbons (Fsp3) is 0.529. The topological polar surface area (TPSA) is 91.8 Å². The van der Waals surface area contributed by atoms with Crippen LogP contribution in [0.3, 0.4) is 0 Å². The van der Waals surface area contributed by atoms with Crippen molar-refractivity contribution >= 4 is 17.9 Å². The van der Waals surface area contributed by atoms with Gasteiger partial charge in [0, 0.05) is 51.5 Å². The molecular formula is C17H24N4O4. The van der Waals surface area contributed by atoms with Gasteiger partial charge in [-0.05, 0) is 25.0 Å². The van der Waals surface area contributed by atoms with Crippen LogP contribution < -0.4 is 5.32 Å². The number of urea groups is 1. The van der Waals surface area contributed by atoms with Crippen molar-refractivity contribution in [1.82, 2.24) is 20.1 Å². The Morgan fingerprint density at radius 3 is 2.52 bits per heavy atom. The highest BCUT2D eigenvalue weighted by Crippen LogP contribution is 2.08. The van der Waals surface area contributed by atoms with E-state index in [4.69, 9.17) is 0 Å². The summed E-state index contributed by atoms with van der Waals surface area (Å²) in [5.41, 5.74) is 0.561. The molecule has 8 heteroatoms. The number of ether oxygens (including phenoxy) is 1. The SMILES string of the molecule is COC(=O)CCCCNC(=O)N1CCN(C(=O)c2cccnc2)CC1. The summed E-state index contributed by atoms with van der Waals surface area (Å²) < 4.78 is 4.56. The highest BCUT2D eigenvalue weighted by Gasteiger charge is 2.24. The first-order valence-electron chi connectivity index (χ1n) is 8.40. The zero-order valence-corrected chi connectivity index (χ0v) is 14.4. The van der Waals surface area contributed by atoms with Crippen molar-refractivity contribution in [2.75, 3.05) is 39.8 Å². The van der Waals surface area contributed by atoms with E-state index in [1.807, 2.05) is 0 Å². The third-order valence-corrected chi connectivity index (χ3v) is 4.07. The average molecular weight is 348 g/mol. The Kier molecular flexibility index (Phi) is 7.18. The van der Waals surface area contributed by atoms with Crippen LogP contribution in [-0.2, 0) is 9.53 Å². The number of carbonyl (C=O) groups excluding carboxylic acids is 3. The molecule has 1 N–H and O–H groups in total. The summed E-state index contributed by atoms with van der Waals surface area (Å²) in [5, 5.41) is 2.84. The predicted molar refractivity (Wildman–Crippen MR) is 91.0 cm³/mol. The largest absolute Gasteiger partial charge is 0.469 e. The molecule has 0 unspecified atom stereocenters. The first-order chi connectivity index (χ1) is 12.1. The first-order valence-corrected chi connectivity index (χ1v) is 8.40. The summed E-state index contributed by atoms with van der Waals surface area (Å²) in [7, 11) is 1.36. The third-order valence-electron chi connectivity index (χ3n) is 4.07. The third kappa shape index (κ3) is 5.74. The maximum Gasteiger partial charge on any atom is 0.317 e. The van der Waals surface area contributed by atoms with Gasteiger partial charge >= 0.3 is 12.0 Å². The second kappa shape index (κ2) is 9.61. The molecule has 25 heavy (non-hydrogen) atoms. The molecule has 0 spiro atoms. The van der Waals surface area contributed by atoms with Gasteiger partial charge in [-0.25, -0.2) is 4.79 Å². The van der Waals surface area contributed by atoms with Gasteiger partial charge in [-0.2, -0.15) is 0 Å². The quantitative estimate of drug-likeness (QED) is 0.609. The van der Waals surface area contributed by atoms with Crippen LogP contribution in [0.2, 0.25) is 0 Å². The molecule has 1 aliphatic heterocycles. The zero-order valence-electron chi connectivity index (χ0n) is 14.4. The zero-order chi connectivity index (χ0) is 18.1. The van der Waals surface area contributed by atoms with Gasteiger partial charge in [-0.15, -0.1) is 0 Å². The van der Waals surface area contributed by atoms with Gasteiger partial charge in [0.15, 0.2) is 0 Å². The molecule has 0 aliphatic carbocycles. The molecule has 1 aromatic rings. The van der Waals surface area contributed by atoms with Gasteiger partial charge in [-0.1, -0.05) is 0 Å². The minimum absolute atomic E-state index is 0.0593. The summed E-state index contributed by atoms with van der Waals surface area (Å²) >= 11 is 0. The first kappa shape index (κ1) is 18.7. The molecule has 0 radical (unpaired) electrons. The van der Waals surface area contributed by atoms with E-state index < -0.39 is 0 Å². The molecule has 2 heterocycles. The number of nitrogens with one attached hydrogen (secondary N) is 1. The van der Waals surface area contributed by atoms with Crippen molar-refractivity contribution in [2.45, 2.75) is 19.3 Å². The molecule has 8 nitrogen and oxygen atoms in total. The van der Waals surface area contributed by atoms with E-state index in [9.17, 15) is 14.4 Å². The lowest BCUT2D eigenvalue weighted by molar-refractivity contribution is -0.140. The minimum Gasteiger partial charge on any atom is -0.469 e. The molecule has 136 valence electrons. The molecule has 0 bridgehead atoms. The molecule has 1 fully saturated rings. The summed E-state index contributed by atoms with van der Waals surface area (Å²) in [5.74, 6) is -0.295. The van der Waals surface area contributed by atoms with Crippen LogP contribution in [0, 0.1) is 0 Å². The number of amides is 3. The predicted octanol–water partition coefficient (Wildman–Crippen LogP) is 0.892. The highest BCUT2D eigenvalue weighted by atomic mass is 16.5. The van der Waals surface area contributed by atoms with Crippen LogP contribution in [-0.4, -0.2) is 72.5 Å². The number of esters is 1. The summed E-state index contributed by atoms with van der Waals surface area (Å²) in [6.45, 7) is 2.53. The molecule has 3 amide bonds. The Morgan fingerprint density at radius 2 is 1.88 bits per heavy atom. The second-order valence-corrected chi connectivity index (χ2v) is 5.79. The number of piperazine rings is 1. The maximum atomic E-state index is 12.3. The second-order valence-electron chi connectivity index (χ2n) is 5.79. The van der Waals surface area contributed by atoms with Crippen LogP contribution >= 0.6 is 0 Å². The highest BCUT2D eigenvalue weighted by molar-refractivity contribution is 5.94. The van der Waals surface area contributed by atoms with Gasteiger partial charge in [0.2, 0.25) is 0 Å². The Labute approximate surface area is 147 Å². The Morgan fingerprint density at radius 1 is 1.16 bits per heavy atom. The lowest BCUT2D eigenvalue weighted by Crippen LogP contribution is -2.53. The molecular weight excluding hydrogens is 324 g/mol. The minimum atomic E-state index is -0.235. The van der Waals surface area contributed by atoms with E-state index >= 15 is 0 Å². The van der Waals surface area contributed by atoms with Crippen LogP contribution in [0.25, 0.3) is 0 Å². The number of rotatable bonds is 6. The van der Waals surface area contributed by atoms with Crippen LogP contribution in [0.1, 0.15) is 29.6 Å². The van der Waals surface area contributed by atoms with Crippen LogP contribution in [0.4, 0.5) is 4.79 Å². The van der Waals surface area contributed by atoms with Gasteiger partial charge in [0.05, 0.1) is 12.7 Å². The van der Waals surface area contributed by atoms with Crippen molar-refractivity contribution in [3.8, 4) is 0 Å². The van der Waals surface area contributed by atoms with Gasteiger partial charge in [-0.3, -0.25) is 14.6 Å². The number of pyridine rings is 1. The lowest BCUT2D eigenvalue weighted by Gasteiger charge is -2.34. The van der Waals surface area contributed by atoms with Crippen molar-refractivity contribution in [2.24, 2.45) is 0 Å². The number of aromatic nitrogens is 1. The van der Waals surface area contributed by atoms with Crippen molar-refractivity contribution in [3.05, 3.63) is 30.1 Å². The number of hydrogen-bond acceptors (Lipinski definition) is 5. The fourth-order valence-electron chi connectivity index (χ4n) is 2.59. The number of hydrogen-bond donors (Lipinski definition) is 1. The van der Waals surface area contributed by atoms with E-state index in [-0.39, 0.29) is 17.9 Å². The normalized spacial score (nSPS) is 14.1. The number of nitrogens with zero attached hydrogens (tertiary/aromatic N) is 3. The van der Waals surface area contributed by atoms with Crippen molar-refractivity contribution < 1.29 is 19.1 Å². The van der Waals surface area contributed by atoms with E-state index in [0.29, 0.717) is 51.1 Å². The smallest absolute Gasteiger partial charge is 0.317 e. The average Bonchev–Trinajstić information content (AvgIpc) is 2.67. The molecule has 1 aliphatic rings. The van der Waals surface area contributed by atoms with Gasteiger partial charge in [0.1, 0.15) is 0 Å². The van der Waals surface area contributed by atoms with Crippen molar-refractivity contribution in [3.63, 3.8) is 0 Å². The molecule has 0 aromatic carbocycles. The monoisotopic (exact) mass is 348 g/mol. The number of carbonyl (C=O) groups is 3. The van der Waals surface area contributed by atoms with Crippen LogP contribution in [0.15, 0.2) is 24.5 Å². The van der Waals surface area contributed by atoms with Gasteiger partial charge < -0.3 is 19.9 Å². The van der Waals surface area contributed by atoms with E-state index in [0.717, 1.165) is 6.42 Å². The summed E-state index contributed by atoms with van der Waals surface area (Å²) in [6.07, 6.45) is 4.95. The maximum absolute atomic E-state index is 12.3. The Hall–Kier alpha value is -2.64. The molecule has 0 saturated carbocycles. The number of unbranched alkanes of at least 4 members (excludes halogenated alkanes) is 1. The molecule has 2 rings (SSSR count). The van der Waals surface area contributed by atoms with E-state index in [1.165, 1.54) is 7.11 Å². The van der Waals surface area contributed by atoms with Crippen LogP contribution in [0.5, 0.6) is 0 Å². The summed E-state index contributed by atoms with van der Waals surface area (Å²) in [6, 6.07) is 3.34. The molecule has 1 aromatic heterocycles. The number of methoxy groups -OCH3 is 1. The standard InChI is InChI=1S/C17H24N4O4/c1-25-15(22)6-2-3-8-19-17(24)21-11-9-20(10-12-21)16(23)14-5-4-7-18-13-14/h4-5,7,13H,2-3,6,8-12H2,1H3,(H,19,24). The molecule has 0 atom stereocenters. The van der Waals surface area contributed by atoms with Gasteiger partial charge in [0.25, 0.3) is 5.91 Å². The Bertz CT molecular complexity index is 586. The summed E-state index contributed by atoms with van der Waals surface area (Å²) in [4.78, 5) is 42.8. The molecule has 1 saturated heterocycles. The lowest BCUT2D eigenvalue weighted by atomic mass is 10.2. The van der Waals surface area contributed by atoms with E-state index in [2.05, 4.69) is 15.0 Å². The van der Waals surface area contributed by atoms with Crippen molar-refractivity contribution in [1.29, 1.82) is 0 Å².